The van der Waals surface area contributed by atoms with E-state index in [-0.39, 0.29) is 23.6 Å². The SMILES string of the molecule is O=C(Nc1ccc(OC(F)(F)F)cc1)c1cc2n(n1)C(C(F)(F)F)CC(c1ccc(Br)cc1)N2. The number of hydrogen-bond donors (Lipinski definition) is 2. The lowest BCUT2D eigenvalue weighted by Gasteiger charge is -2.33. The average Bonchev–Trinajstić information content (AvgIpc) is 3.17. The second-order valence-corrected chi connectivity index (χ2v) is 8.34. The van der Waals surface area contributed by atoms with Crippen LogP contribution in [0.1, 0.15) is 34.6 Å². The van der Waals surface area contributed by atoms with Crippen molar-refractivity contribution in [1.82, 2.24) is 9.78 Å². The first-order valence-electron chi connectivity index (χ1n) is 9.74. The van der Waals surface area contributed by atoms with Gasteiger partial charge in [0.2, 0.25) is 0 Å². The first kappa shape index (κ1) is 23.9. The Morgan fingerprint density at radius 1 is 1.06 bits per heavy atom. The Bertz CT molecular complexity index is 1180. The first-order valence-corrected chi connectivity index (χ1v) is 10.5. The van der Waals surface area contributed by atoms with E-state index in [2.05, 4.69) is 36.4 Å². The number of ether oxygens (including phenoxy) is 1. The van der Waals surface area contributed by atoms with Gasteiger partial charge in [-0.05, 0) is 42.0 Å². The lowest BCUT2D eigenvalue weighted by atomic mass is 9.97. The highest BCUT2D eigenvalue weighted by atomic mass is 79.9. The van der Waals surface area contributed by atoms with Crippen molar-refractivity contribution in [3.63, 3.8) is 0 Å². The van der Waals surface area contributed by atoms with Gasteiger partial charge in [-0.25, -0.2) is 4.68 Å². The Kier molecular flexibility index (Phi) is 6.23. The smallest absolute Gasteiger partial charge is 0.406 e. The van der Waals surface area contributed by atoms with Crippen molar-refractivity contribution >= 4 is 33.3 Å². The predicted molar refractivity (Wildman–Crippen MR) is 114 cm³/mol. The topological polar surface area (TPSA) is 68.2 Å². The van der Waals surface area contributed by atoms with Crippen molar-refractivity contribution in [2.24, 2.45) is 0 Å². The molecule has 0 radical (unpaired) electrons. The van der Waals surface area contributed by atoms with Gasteiger partial charge in [0.15, 0.2) is 11.7 Å². The van der Waals surface area contributed by atoms with Crippen LogP contribution in [0.2, 0.25) is 0 Å². The van der Waals surface area contributed by atoms with E-state index >= 15 is 0 Å². The molecular formula is C21H15BrF6N4O2. The molecule has 3 aromatic rings. The van der Waals surface area contributed by atoms with Crippen molar-refractivity contribution in [3.8, 4) is 5.75 Å². The molecule has 0 saturated carbocycles. The van der Waals surface area contributed by atoms with Crippen LogP contribution in [0.5, 0.6) is 5.75 Å². The van der Waals surface area contributed by atoms with Crippen LogP contribution < -0.4 is 15.4 Å². The standard InChI is InChI=1S/C21H15BrF6N4O2/c22-12-3-1-11(2-4-12)15-9-17(20(23,24)25)32-18(30-15)10-16(31-32)19(33)29-13-5-7-14(8-6-13)34-21(26,27)28/h1-8,10,15,17,30H,9H2,(H,29,33). The summed E-state index contributed by atoms with van der Waals surface area (Å²) >= 11 is 3.29. The monoisotopic (exact) mass is 548 g/mol. The van der Waals surface area contributed by atoms with E-state index in [4.69, 9.17) is 0 Å². The number of nitrogens with zero attached hydrogens (tertiary/aromatic N) is 2. The summed E-state index contributed by atoms with van der Waals surface area (Å²) in [6, 6.07) is 9.70. The number of fused-ring (bicyclic) bond motifs is 1. The number of hydrogen-bond acceptors (Lipinski definition) is 4. The van der Waals surface area contributed by atoms with E-state index < -0.39 is 36.3 Å². The molecule has 34 heavy (non-hydrogen) atoms. The van der Waals surface area contributed by atoms with Gasteiger partial charge in [0.25, 0.3) is 5.91 Å². The third-order valence-electron chi connectivity index (χ3n) is 5.04. The van der Waals surface area contributed by atoms with Gasteiger partial charge in [0, 0.05) is 22.6 Å². The maximum atomic E-state index is 13.8. The van der Waals surface area contributed by atoms with Gasteiger partial charge in [-0.15, -0.1) is 13.2 Å². The van der Waals surface area contributed by atoms with Gasteiger partial charge in [-0.2, -0.15) is 18.3 Å². The van der Waals surface area contributed by atoms with Crippen LogP contribution >= 0.6 is 15.9 Å². The number of carbonyl (C=O) groups excluding carboxylic acids is 1. The molecule has 6 nitrogen and oxygen atoms in total. The Morgan fingerprint density at radius 2 is 1.71 bits per heavy atom. The molecule has 2 heterocycles. The number of anilines is 2. The number of halogens is 7. The fraction of sp³-hybridized carbons (Fsp3) is 0.238. The molecule has 13 heteroatoms. The van der Waals surface area contributed by atoms with Crippen molar-refractivity contribution in [1.29, 1.82) is 0 Å². The van der Waals surface area contributed by atoms with Crippen molar-refractivity contribution in [2.45, 2.75) is 31.0 Å². The van der Waals surface area contributed by atoms with Gasteiger partial charge in [-0.3, -0.25) is 4.79 Å². The second-order valence-electron chi connectivity index (χ2n) is 7.43. The summed E-state index contributed by atoms with van der Waals surface area (Å²) in [6.45, 7) is 0. The highest BCUT2D eigenvalue weighted by Crippen LogP contribution is 2.43. The van der Waals surface area contributed by atoms with E-state index in [1.165, 1.54) is 6.07 Å². The fourth-order valence-electron chi connectivity index (χ4n) is 3.53. The Balaban J connectivity index is 1.55. The van der Waals surface area contributed by atoms with E-state index in [0.29, 0.717) is 5.56 Å². The lowest BCUT2D eigenvalue weighted by Crippen LogP contribution is -2.35. The normalized spacial score (nSPS) is 18.1. The minimum atomic E-state index is -4.86. The van der Waals surface area contributed by atoms with E-state index in [1.807, 2.05) is 0 Å². The highest BCUT2D eigenvalue weighted by Gasteiger charge is 2.46. The summed E-state index contributed by atoms with van der Waals surface area (Å²) in [5.41, 5.74) is 0.458. The van der Waals surface area contributed by atoms with Crippen LogP contribution in [0.3, 0.4) is 0 Å². The van der Waals surface area contributed by atoms with Crippen LogP contribution in [0.25, 0.3) is 0 Å². The Morgan fingerprint density at radius 3 is 2.29 bits per heavy atom. The van der Waals surface area contributed by atoms with E-state index in [0.717, 1.165) is 33.4 Å². The number of alkyl halides is 6. The van der Waals surface area contributed by atoms with Gasteiger partial charge < -0.3 is 15.4 Å². The summed E-state index contributed by atoms with van der Waals surface area (Å²) in [6.07, 6.45) is -9.81. The minimum absolute atomic E-state index is 0.0144. The molecule has 0 spiro atoms. The minimum Gasteiger partial charge on any atom is -0.406 e. The van der Waals surface area contributed by atoms with Crippen LogP contribution in [0, 0.1) is 0 Å². The number of aromatic nitrogens is 2. The lowest BCUT2D eigenvalue weighted by molar-refractivity contribution is -0.274. The quantitative estimate of drug-likeness (QED) is 0.367. The average molecular weight is 549 g/mol. The zero-order valence-corrected chi connectivity index (χ0v) is 18.5. The molecule has 2 unspecified atom stereocenters. The van der Waals surface area contributed by atoms with Crippen molar-refractivity contribution in [3.05, 3.63) is 70.3 Å². The molecule has 1 aromatic heterocycles. The third kappa shape index (κ3) is 5.46. The molecule has 2 N–H and O–H groups in total. The Hall–Kier alpha value is -3.22. The zero-order valence-electron chi connectivity index (χ0n) is 16.9. The zero-order chi connectivity index (χ0) is 24.7. The van der Waals surface area contributed by atoms with Crippen molar-refractivity contribution in [2.75, 3.05) is 10.6 Å². The molecule has 1 aliphatic heterocycles. The van der Waals surface area contributed by atoms with Gasteiger partial charge in [0.05, 0.1) is 6.04 Å². The predicted octanol–water partition coefficient (Wildman–Crippen LogP) is 6.46. The van der Waals surface area contributed by atoms with Gasteiger partial charge >= 0.3 is 12.5 Å². The molecule has 1 aliphatic rings. The summed E-state index contributed by atoms with van der Waals surface area (Å²) in [7, 11) is 0. The van der Waals surface area contributed by atoms with E-state index in [9.17, 15) is 31.1 Å². The summed E-state index contributed by atoms with van der Waals surface area (Å²) in [4.78, 5) is 12.6. The molecule has 0 saturated heterocycles. The molecule has 180 valence electrons. The van der Waals surface area contributed by atoms with Crippen LogP contribution in [0.4, 0.5) is 37.8 Å². The molecule has 4 rings (SSSR count). The summed E-state index contributed by atoms with van der Waals surface area (Å²) in [5.74, 6) is -1.30. The molecule has 0 bridgehead atoms. The molecule has 2 aromatic carbocycles. The fourth-order valence-corrected chi connectivity index (χ4v) is 3.80. The van der Waals surface area contributed by atoms with Gasteiger partial charge in [0.1, 0.15) is 11.6 Å². The summed E-state index contributed by atoms with van der Waals surface area (Å²) in [5, 5.41) is 9.22. The number of benzene rings is 2. The van der Waals surface area contributed by atoms with E-state index in [1.54, 1.807) is 24.3 Å². The van der Waals surface area contributed by atoms with Gasteiger partial charge in [-0.1, -0.05) is 28.1 Å². The number of amides is 1. The molecule has 1 amide bonds. The molecule has 0 aliphatic carbocycles. The van der Waals surface area contributed by atoms with Crippen LogP contribution in [-0.4, -0.2) is 28.2 Å². The van der Waals surface area contributed by atoms with Crippen LogP contribution in [0.15, 0.2) is 59.1 Å². The number of carbonyl (C=O) groups is 1. The number of nitrogens with one attached hydrogen (secondary N) is 2. The maximum Gasteiger partial charge on any atom is 0.573 e. The second kappa shape index (κ2) is 8.85. The highest BCUT2D eigenvalue weighted by molar-refractivity contribution is 9.10. The van der Waals surface area contributed by atoms with Crippen LogP contribution in [-0.2, 0) is 0 Å². The maximum absolute atomic E-state index is 13.8. The Labute approximate surface area is 197 Å². The molecular weight excluding hydrogens is 534 g/mol. The third-order valence-corrected chi connectivity index (χ3v) is 5.57. The number of rotatable bonds is 4. The summed E-state index contributed by atoms with van der Waals surface area (Å²) < 4.78 is 83.4. The van der Waals surface area contributed by atoms with Crippen molar-refractivity contribution < 1.29 is 35.9 Å². The largest absolute Gasteiger partial charge is 0.573 e. The first-order chi connectivity index (χ1) is 15.9. The molecule has 0 fully saturated rings. The molecule has 2 atom stereocenters.